The molecule has 0 radical (unpaired) electrons. The zero-order valence-corrected chi connectivity index (χ0v) is 39.7. The molecule has 0 amide bonds. The standard InChI is InChI=1S/C70H45NO2/c1-2-15-46(16-3-1)52-39-44-57(48-31-33-50(34-32-48)58-24-13-26-63-61-21-7-10-29-67(61)72-69(58)63)65(45-52)60-20-6-9-28-66(60)71(53-40-35-49(36-41-53)56-23-12-18-47-17-4-5-19-55(47)56)54-42-37-51(38-43-54)59-25-14-27-64-62-22-8-11-30-68(62)73-70(59)64/h1-45H. The second kappa shape index (κ2) is 17.6. The smallest absolute Gasteiger partial charge is 0.143 e. The molecule has 2 heterocycles. The van der Waals surface area contributed by atoms with Crippen molar-refractivity contribution < 1.29 is 8.83 Å². The molecule has 0 fully saturated rings. The zero-order valence-electron chi connectivity index (χ0n) is 39.7. The fourth-order valence-corrected chi connectivity index (χ4v) is 11.0. The molecule has 3 nitrogen and oxygen atoms in total. The molecule has 0 spiro atoms. The number of nitrogens with zero attached hydrogens (tertiary/aromatic N) is 1. The lowest BCUT2D eigenvalue weighted by molar-refractivity contribution is 0.669. The fourth-order valence-electron chi connectivity index (χ4n) is 11.0. The first-order valence-corrected chi connectivity index (χ1v) is 24.9. The third kappa shape index (κ3) is 7.37. The monoisotopic (exact) mass is 931 g/mol. The number of furan rings is 2. The van der Waals surface area contributed by atoms with Gasteiger partial charge in [-0.1, -0.05) is 224 Å². The summed E-state index contributed by atoms with van der Waals surface area (Å²) in [6.45, 7) is 0. The van der Waals surface area contributed by atoms with Gasteiger partial charge in [0, 0.05) is 49.6 Å². The molecule has 0 aliphatic heterocycles. The lowest BCUT2D eigenvalue weighted by atomic mass is 9.89. The van der Waals surface area contributed by atoms with Crippen molar-refractivity contribution in [3.63, 3.8) is 0 Å². The van der Waals surface area contributed by atoms with E-state index in [9.17, 15) is 0 Å². The van der Waals surface area contributed by atoms with Crippen molar-refractivity contribution in [3.8, 4) is 66.8 Å². The van der Waals surface area contributed by atoms with Gasteiger partial charge < -0.3 is 13.7 Å². The quantitative estimate of drug-likeness (QED) is 0.144. The predicted molar refractivity (Wildman–Crippen MR) is 306 cm³/mol. The molecular weight excluding hydrogens is 887 g/mol. The number of fused-ring (bicyclic) bond motifs is 7. The Hall–Kier alpha value is -9.70. The van der Waals surface area contributed by atoms with Gasteiger partial charge in [0.15, 0.2) is 0 Å². The average molecular weight is 932 g/mol. The highest BCUT2D eigenvalue weighted by molar-refractivity contribution is 6.11. The van der Waals surface area contributed by atoms with Crippen LogP contribution in [0.15, 0.2) is 282 Å². The molecule has 0 saturated carbocycles. The number of para-hydroxylation sites is 5. The maximum absolute atomic E-state index is 6.53. The van der Waals surface area contributed by atoms with Crippen LogP contribution in [-0.2, 0) is 0 Å². The van der Waals surface area contributed by atoms with Gasteiger partial charge in [0.05, 0.1) is 5.69 Å². The first-order chi connectivity index (χ1) is 36.2. The van der Waals surface area contributed by atoms with Crippen molar-refractivity contribution >= 4 is 71.7 Å². The van der Waals surface area contributed by atoms with Gasteiger partial charge >= 0.3 is 0 Å². The zero-order chi connectivity index (χ0) is 48.2. The molecule has 0 atom stereocenters. The van der Waals surface area contributed by atoms with Crippen molar-refractivity contribution in [1.29, 1.82) is 0 Å². The number of rotatable bonds is 9. The third-order valence-electron chi connectivity index (χ3n) is 14.5. The van der Waals surface area contributed by atoms with Crippen LogP contribution in [0.3, 0.4) is 0 Å². The predicted octanol–water partition coefficient (Wildman–Crippen LogP) is 20.1. The van der Waals surface area contributed by atoms with E-state index in [2.05, 4.69) is 254 Å². The summed E-state index contributed by atoms with van der Waals surface area (Å²) in [6.07, 6.45) is 0. The highest BCUT2D eigenvalue weighted by atomic mass is 16.3. The van der Waals surface area contributed by atoms with Crippen molar-refractivity contribution in [2.24, 2.45) is 0 Å². The summed E-state index contributed by atoms with van der Waals surface area (Å²) >= 11 is 0. The Morgan fingerprint density at radius 1 is 0.233 bits per heavy atom. The van der Waals surface area contributed by atoms with Crippen molar-refractivity contribution in [3.05, 3.63) is 273 Å². The van der Waals surface area contributed by atoms with Gasteiger partial charge in [0.1, 0.15) is 22.3 Å². The first-order valence-electron chi connectivity index (χ1n) is 24.9. The van der Waals surface area contributed by atoms with Crippen molar-refractivity contribution in [1.82, 2.24) is 0 Å². The van der Waals surface area contributed by atoms with E-state index >= 15 is 0 Å². The van der Waals surface area contributed by atoms with Gasteiger partial charge in [-0.2, -0.15) is 0 Å². The van der Waals surface area contributed by atoms with Crippen LogP contribution in [0.2, 0.25) is 0 Å². The van der Waals surface area contributed by atoms with E-state index in [-0.39, 0.29) is 0 Å². The highest BCUT2D eigenvalue weighted by Gasteiger charge is 2.22. The Morgan fingerprint density at radius 3 is 1.29 bits per heavy atom. The number of hydrogen-bond donors (Lipinski definition) is 0. The summed E-state index contributed by atoms with van der Waals surface area (Å²) < 4.78 is 13.0. The van der Waals surface area contributed by atoms with Gasteiger partial charge in [-0.15, -0.1) is 0 Å². The summed E-state index contributed by atoms with van der Waals surface area (Å²) in [4.78, 5) is 2.41. The largest absolute Gasteiger partial charge is 0.455 e. The molecule has 0 N–H and O–H groups in total. The van der Waals surface area contributed by atoms with E-state index in [1.54, 1.807) is 0 Å². The Bertz CT molecular complexity index is 4350. The maximum atomic E-state index is 6.53. The van der Waals surface area contributed by atoms with Crippen molar-refractivity contribution in [2.45, 2.75) is 0 Å². The number of anilines is 3. The van der Waals surface area contributed by atoms with Crippen LogP contribution in [0.5, 0.6) is 0 Å². The minimum Gasteiger partial charge on any atom is -0.455 e. The van der Waals surface area contributed by atoms with Gasteiger partial charge in [0.2, 0.25) is 0 Å². The molecule has 0 unspecified atom stereocenters. The minimum atomic E-state index is 0.892. The van der Waals surface area contributed by atoms with Crippen molar-refractivity contribution in [2.75, 3.05) is 4.90 Å². The molecule has 2 aromatic heterocycles. The van der Waals surface area contributed by atoms with Crippen LogP contribution >= 0.6 is 0 Å². The van der Waals surface area contributed by atoms with Crippen LogP contribution in [0.4, 0.5) is 17.1 Å². The molecule has 3 heteroatoms. The van der Waals surface area contributed by atoms with E-state index in [0.717, 1.165) is 117 Å². The van der Waals surface area contributed by atoms with E-state index in [4.69, 9.17) is 8.83 Å². The molecular formula is C70H45NO2. The maximum Gasteiger partial charge on any atom is 0.143 e. The summed E-state index contributed by atoms with van der Waals surface area (Å²) in [7, 11) is 0. The minimum absolute atomic E-state index is 0.892. The Labute approximate surface area is 423 Å². The van der Waals surface area contributed by atoms with Crippen LogP contribution in [-0.4, -0.2) is 0 Å². The first kappa shape index (κ1) is 42.2. The lowest BCUT2D eigenvalue weighted by Gasteiger charge is -2.29. The van der Waals surface area contributed by atoms with Crippen LogP contribution < -0.4 is 4.90 Å². The molecule has 0 aliphatic carbocycles. The SMILES string of the molecule is c1ccc(-c2ccc(-c3ccc(-c4cccc5c4oc4ccccc45)cc3)c(-c3ccccc3N(c3ccc(-c4cccc5ccccc45)cc3)c3ccc(-c4cccc5c4oc4ccccc45)cc3)c2)cc1. The molecule has 73 heavy (non-hydrogen) atoms. The van der Waals surface area contributed by atoms with E-state index in [1.807, 2.05) is 24.3 Å². The summed E-state index contributed by atoms with van der Waals surface area (Å²) in [5, 5.41) is 6.95. The van der Waals surface area contributed by atoms with Crippen LogP contribution in [0.25, 0.3) is 121 Å². The molecule has 0 bridgehead atoms. The molecule has 342 valence electrons. The molecule has 14 rings (SSSR count). The topological polar surface area (TPSA) is 29.5 Å². The van der Waals surface area contributed by atoms with Gasteiger partial charge in [-0.05, 0) is 109 Å². The summed E-state index contributed by atoms with van der Waals surface area (Å²) in [5.41, 5.74) is 20.3. The van der Waals surface area contributed by atoms with E-state index < -0.39 is 0 Å². The summed E-state index contributed by atoms with van der Waals surface area (Å²) in [6, 6.07) is 98.0. The molecule has 0 aliphatic rings. The van der Waals surface area contributed by atoms with Crippen LogP contribution in [0, 0.1) is 0 Å². The molecule has 14 aromatic rings. The second-order valence-corrected chi connectivity index (χ2v) is 18.7. The Balaban J connectivity index is 0.922. The number of benzene rings is 12. The Kier molecular flexibility index (Phi) is 10.2. The molecule has 12 aromatic carbocycles. The van der Waals surface area contributed by atoms with Gasteiger partial charge in [-0.25, -0.2) is 0 Å². The van der Waals surface area contributed by atoms with Gasteiger partial charge in [0.25, 0.3) is 0 Å². The van der Waals surface area contributed by atoms with E-state index in [1.165, 1.54) is 21.9 Å². The fraction of sp³-hybridized carbons (Fsp3) is 0. The highest BCUT2D eigenvalue weighted by Crippen LogP contribution is 2.47. The van der Waals surface area contributed by atoms with Crippen LogP contribution in [0.1, 0.15) is 0 Å². The normalized spacial score (nSPS) is 11.6. The molecule has 0 saturated heterocycles. The lowest BCUT2D eigenvalue weighted by Crippen LogP contribution is -2.11. The number of hydrogen-bond acceptors (Lipinski definition) is 3. The summed E-state index contributed by atoms with van der Waals surface area (Å²) in [5.74, 6) is 0. The Morgan fingerprint density at radius 2 is 0.658 bits per heavy atom. The van der Waals surface area contributed by atoms with Gasteiger partial charge in [-0.3, -0.25) is 0 Å². The average Bonchev–Trinajstić information content (AvgIpc) is 4.05. The third-order valence-corrected chi connectivity index (χ3v) is 14.5. The second-order valence-electron chi connectivity index (χ2n) is 18.7. The van der Waals surface area contributed by atoms with E-state index in [0.29, 0.717) is 0 Å².